The minimum atomic E-state index is -0.609. The largest absolute Gasteiger partial charge is 0.457 e. The SMILES string of the molecule is Cc1cccc(N2C[C@@H](C(=O)OCC(=O)c3ccc4c(c3)[C@@H](C)C(=O)N4)CC2=O)c1C. The fourth-order valence-electron chi connectivity index (χ4n) is 4.05. The predicted molar refractivity (Wildman–Crippen MR) is 115 cm³/mol. The molecule has 2 amide bonds. The molecule has 2 aromatic rings. The van der Waals surface area contributed by atoms with Crippen LogP contribution in [0, 0.1) is 19.8 Å². The number of aryl methyl sites for hydroxylation is 1. The Morgan fingerprint density at radius 2 is 1.94 bits per heavy atom. The molecule has 4 rings (SSSR count). The van der Waals surface area contributed by atoms with Gasteiger partial charge in [-0.1, -0.05) is 12.1 Å². The molecule has 0 aromatic heterocycles. The van der Waals surface area contributed by atoms with Crippen LogP contribution in [0.25, 0.3) is 0 Å². The van der Waals surface area contributed by atoms with E-state index < -0.39 is 18.5 Å². The number of hydrogen-bond donors (Lipinski definition) is 1. The van der Waals surface area contributed by atoms with Crippen LogP contribution in [0.3, 0.4) is 0 Å². The van der Waals surface area contributed by atoms with Crippen LogP contribution >= 0.6 is 0 Å². The maximum atomic E-state index is 12.5. The zero-order valence-corrected chi connectivity index (χ0v) is 17.7. The van der Waals surface area contributed by atoms with Crippen molar-refractivity contribution in [2.75, 3.05) is 23.4 Å². The van der Waals surface area contributed by atoms with Crippen molar-refractivity contribution >= 4 is 34.9 Å². The van der Waals surface area contributed by atoms with Gasteiger partial charge in [0.05, 0.1) is 11.8 Å². The number of carbonyl (C=O) groups excluding carboxylic acids is 4. The molecule has 1 saturated heterocycles. The number of ether oxygens (including phenoxy) is 1. The predicted octanol–water partition coefficient (Wildman–Crippen LogP) is 3.14. The topological polar surface area (TPSA) is 92.8 Å². The Kier molecular flexibility index (Phi) is 5.35. The molecule has 0 saturated carbocycles. The third-order valence-electron chi connectivity index (χ3n) is 6.16. The number of nitrogens with zero attached hydrogens (tertiary/aromatic N) is 1. The van der Waals surface area contributed by atoms with Crippen LogP contribution in [-0.2, 0) is 19.1 Å². The maximum Gasteiger partial charge on any atom is 0.311 e. The Labute approximate surface area is 180 Å². The third kappa shape index (κ3) is 3.83. The van der Waals surface area contributed by atoms with Gasteiger partial charge in [-0.3, -0.25) is 19.2 Å². The van der Waals surface area contributed by atoms with Crippen LogP contribution < -0.4 is 10.2 Å². The summed E-state index contributed by atoms with van der Waals surface area (Å²) < 4.78 is 5.25. The number of ketones is 1. The van der Waals surface area contributed by atoms with Crippen molar-refractivity contribution in [2.45, 2.75) is 33.1 Å². The molecule has 0 unspecified atom stereocenters. The lowest BCUT2D eigenvalue weighted by molar-refractivity contribution is -0.147. The molecular weight excluding hydrogens is 396 g/mol. The molecule has 1 N–H and O–H groups in total. The Morgan fingerprint density at radius 1 is 1.16 bits per heavy atom. The summed E-state index contributed by atoms with van der Waals surface area (Å²) >= 11 is 0. The second-order valence-electron chi connectivity index (χ2n) is 8.17. The van der Waals surface area contributed by atoms with Crippen LogP contribution in [0.15, 0.2) is 36.4 Å². The van der Waals surface area contributed by atoms with Crippen LogP contribution in [0.2, 0.25) is 0 Å². The first-order chi connectivity index (χ1) is 14.8. The number of anilines is 2. The summed E-state index contributed by atoms with van der Waals surface area (Å²) in [6, 6.07) is 10.7. The summed E-state index contributed by atoms with van der Waals surface area (Å²) in [5.41, 5.74) is 4.71. The van der Waals surface area contributed by atoms with Crippen molar-refractivity contribution in [3.8, 4) is 0 Å². The van der Waals surface area contributed by atoms with Gasteiger partial charge in [0.2, 0.25) is 11.8 Å². The van der Waals surface area contributed by atoms with Crippen molar-refractivity contribution in [1.29, 1.82) is 0 Å². The minimum Gasteiger partial charge on any atom is -0.457 e. The van der Waals surface area contributed by atoms with E-state index in [1.807, 2.05) is 32.0 Å². The second-order valence-corrected chi connectivity index (χ2v) is 8.17. The molecule has 0 spiro atoms. The molecule has 2 atom stereocenters. The number of esters is 1. The molecule has 7 nitrogen and oxygen atoms in total. The molecule has 0 aliphatic carbocycles. The average Bonchev–Trinajstić information content (AvgIpc) is 3.27. The molecule has 2 aliphatic rings. The zero-order valence-electron chi connectivity index (χ0n) is 17.7. The molecule has 1 fully saturated rings. The van der Waals surface area contributed by atoms with Gasteiger partial charge in [-0.2, -0.15) is 0 Å². The van der Waals surface area contributed by atoms with Gasteiger partial charge in [-0.15, -0.1) is 0 Å². The van der Waals surface area contributed by atoms with Gasteiger partial charge in [0.15, 0.2) is 12.4 Å². The first kappa shape index (κ1) is 20.8. The molecule has 160 valence electrons. The van der Waals surface area contributed by atoms with Crippen LogP contribution in [0.5, 0.6) is 0 Å². The summed E-state index contributed by atoms with van der Waals surface area (Å²) in [4.78, 5) is 50.9. The highest BCUT2D eigenvalue weighted by molar-refractivity contribution is 6.05. The van der Waals surface area contributed by atoms with Gasteiger partial charge in [-0.25, -0.2) is 0 Å². The molecule has 2 aromatic carbocycles. The Morgan fingerprint density at radius 3 is 2.71 bits per heavy atom. The van der Waals surface area contributed by atoms with Crippen molar-refractivity contribution in [1.82, 2.24) is 0 Å². The van der Waals surface area contributed by atoms with Gasteiger partial charge in [0.1, 0.15) is 0 Å². The van der Waals surface area contributed by atoms with Gasteiger partial charge in [-0.05, 0) is 61.7 Å². The van der Waals surface area contributed by atoms with E-state index in [1.54, 1.807) is 30.0 Å². The fourth-order valence-corrected chi connectivity index (χ4v) is 4.05. The Bertz CT molecular complexity index is 1110. The molecule has 7 heteroatoms. The van der Waals surface area contributed by atoms with Crippen molar-refractivity contribution in [2.24, 2.45) is 5.92 Å². The lowest BCUT2D eigenvalue weighted by atomic mass is 9.99. The zero-order chi connectivity index (χ0) is 22.3. The monoisotopic (exact) mass is 420 g/mol. The number of amides is 2. The summed E-state index contributed by atoms with van der Waals surface area (Å²) in [5, 5.41) is 2.76. The van der Waals surface area contributed by atoms with E-state index >= 15 is 0 Å². The maximum absolute atomic E-state index is 12.5. The third-order valence-corrected chi connectivity index (χ3v) is 6.16. The van der Waals surface area contributed by atoms with E-state index in [4.69, 9.17) is 4.74 Å². The summed E-state index contributed by atoms with van der Waals surface area (Å²) in [6.45, 7) is 5.53. The van der Waals surface area contributed by atoms with Gasteiger partial charge in [0.25, 0.3) is 0 Å². The number of benzene rings is 2. The van der Waals surface area contributed by atoms with Crippen molar-refractivity contribution in [3.63, 3.8) is 0 Å². The van der Waals surface area contributed by atoms with Gasteiger partial charge in [0, 0.05) is 29.9 Å². The average molecular weight is 420 g/mol. The van der Waals surface area contributed by atoms with Gasteiger partial charge < -0.3 is 15.0 Å². The van der Waals surface area contributed by atoms with Gasteiger partial charge >= 0.3 is 5.97 Å². The number of rotatable bonds is 5. The number of carbonyl (C=O) groups is 4. The second kappa shape index (κ2) is 7.98. The molecule has 31 heavy (non-hydrogen) atoms. The van der Waals surface area contributed by atoms with E-state index in [9.17, 15) is 19.2 Å². The molecule has 2 heterocycles. The smallest absolute Gasteiger partial charge is 0.311 e. The van der Waals surface area contributed by atoms with Crippen LogP contribution in [0.1, 0.15) is 46.3 Å². The minimum absolute atomic E-state index is 0.0601. The van der Waals surface area contributed by atoms with Crippen molar-refractivity contribution in [3.05, 3.63) is 58.7 Å². The highest BCUT2D eigenvalue weighted by atomic mass is 16.5. The van der Waals surface area contributed by atoms with Crippen LogP contribution in [-0.4, -0.2) is 36.7 Å². The standard InChI is InChI=1S/C24H24N2O5/c1-13-5-4-6-20(14(13)2)26-11-17(10-22(26)28)24(30)31-12-21(27)16-7-8-19-18(9-16)15(3)23(29)25-19/h4-9,15,17H,10-12H2,1-3H3,(H,25,29)/t15-,17+/m1/s1. The highest BCUT2D eigenvalue weighted by Gasteiger charge is 2.37. The Balaban J connectivity index is 1.38. The number of fused-ring (bicyclic) bond motifs is 1. The number of nitrogens with one attached hydrogen (secondary N) is 1. The molecule has 0 radical (unpaired) electrons. The van der Waals surface area contributed by atoms with E-state index in [1.165, 1.54) is 0 Å². The molecule has 2 aliphatic heterocycles. The normalized spacial score (nSPS) is 19.9. The number of hydrogen-bond acceptors (Lipinski definition) is 5. The summed E-state index contributed by atoms with van der Waals surface area (Å²) in [5.74, 6) is -2.08. The molecule has 0 bridgehead atoms. The van der Waals surface area contributed by atoms with E-state index in [2.05, 4.69) is 5.32 Å². The first-order valence-electron chi connectivity index (χ1n) is 10.3. The number of Topliss-reactive ketones (excluding diaryl/α,β-unsaturated/α-hetero) is 1. The first-order valence-corrected chi connectivity index (χ1v) is 10.3. The Hall–Kier alpha value is -3.48. The highest BCUT2D eigenvalue weighted by Crippen LogP contribution is 2.33. The van der Waals surface area contributed by atoms with E-state index in [0.29, 0.717) is 11.3 Å². The molecular formula is C24H24N2O5. The van der Waals surface area contributed by atoms with E-state index in [-0.39, 0.29) is 36.5 Å². The lowest BCUT2D eigenvalue weighted by Crippen LogP contribution is -2.27. The quantitative estimate of drug-likeness (QED) is 0.593. The lowest BCUT2D eigenvalue weighted by Gasteiger charge is -2.20. The van der Waals surface area contributed by atoms with E-state index in [0.717, 1.165) is 22.4 Å². The van der Waals surface area contributed by atoms with Crippen LogP contribution in [0.4, 0.5) is 11.4 Å². The fraction of sp³-hybridized carbons (Fsp3) is 0.333. The van der Waals surface area contributed by atoms with Crippen molar-refractivity contribution < 1.29 is 23.9 Å². The summed E-state index contributed by atoms with van der Waals surface area (Å²) in [6.07, 6.45) is 0.0601. The summed E-state index contributed by atoms with van der Waals surface area (Å²) in [7, 11) is 0.